The first-order valence-corrected chi connectivity index (χ1v) is 6.97. The fourth-order valence-electron chi connectivity index (χ4n) is 1.86. The highest BCUT2D eigenvalue weighted by Crippen LogP contribution is 2.14. The SMILES string of the molecule is COC(=O)C(=Cc1ccc(N)cc1)C(=O)CCCCCN. The summed E-state index contributed by atoms with van der Waals surface area (Å²) in [6, 6.07) is 6.93. The van der Waals surface area contributed by atoms with E-state index < -0.39 is 5.97 Å². The molecule has 21 heavy (non-hydrogen) atoms. The van der Waals surface area contributed by atoms with Crippen LogP contribution in [0.4, 0.5) is 5.69 Å². The van der Waals surface area contributed by atoms with E-state index in [-0.39, 0.29) is 11.4 Å². The lowest BCUT2D eigenvalue weighted by atomic mass is 10.0. The summed E-state index contributed by atoms with van der Waals surface area (Å²) in [7, 11) is 1.26. The highest BCUT2D eigenvalue weighted by atomic mass is 16.5. The molecule has 5 nitrogen and oxygen atoms in total. The monoisotopic (exact) mass is 290 g/mol. The number of anilines is 1. The van der Waals surface area contributed by atoms with Crippen LogP contribution in [0.1, 0.15) is 31.2 Å². The third-order valence-electron chi connectivity index (χ3n) is 3.06. The Morgan fingerprint density at radius 3 is 2.38 bits per heavy atom. The van der Waals surface area contributed by atoms with Gasteiger partial charge in [-0.3, -0.25) is 4.79 Å². The lowest BCUT2D eigenvalue weighted by Crippen LogP contribution is -2.14. The maximum absolute atomic E-state index is 12.2. The molecule has 0 aliphatic heterocycles. The lowest BCUT2D eigenvalue weighted by molar-refractivity contribution is -0.137. The number of rotatable bonds is 8. The molecule has 1 aromatic carbocycles. The van der Waals surface area contributed by atoms with Gasteiger partial charge in [0.05, 0.1) is 7.11 Å². The van der Waals surface area contributed by atoms with Crippen molar-refractivity contribution in [1.82, 2.24) is 0 Å². The van der Waals surface area contributed by atoms with E-state index in [9.17, 15) is 9.59 Å². The zero-order valence-electron chi connectivity index (χ0n) is 12.3. The Morgan fingerprint density at radius 2 is 1.81 bits per heavy atom. The smallest absolute Gasteiger partial charge is 0.341 e. The Bertz CT molecular complexity index is 507. The molecular formula is C16H22N2O3. The van der Waals surface area contributed by atoms with E-state index in [0.29, 0.717) is 25.1 Å². The minimum Gasteiger partial charge on any atom is -0.465 e. The summed E-state index contributed by atoms with van der Waals surface area (Å²) < 4.78 is 4.68. The molecule has 0 bridgehead atoms. The molecular weight excluding hydrogens is 268 g/mol. The van der Waals surface area contributed by atoms with Gasteiger partial charge < -0.3 is 16.2 Å². The molecule has 0 fully saturated rings. The Balaban J connectivity index is 2.82. The summed E-state index contributed by atoms with van der Waals surface area (Å²) in [5, 5.41) is 0. The van der Waals surface area contributed by atoms with Gasteiger partial charge in [-0.1, -0.05) is 18.6 Å². The van der Waals surface area contributed by atoms with Crippen molar-refractivity contribution in [2.45, 2.75) is 25.7 Å². The topological polar surface area (TPSA) is 95.4 Å². The highest BCUT2D eigenvalue weighted by molar-refractivity contribution is 6.20. The van der Waals surface area contributed by atoms with Crippen molar-refractivity contribution < 1.29 is 14.3 Å². The van der Waals surface area contributed by atoms with Crippen molar-refractivity contribution in [3.63, 3.8) is 0 Å². The number of carbonyl (C=O) groups excluding carboxylic acids is 2. The molecule has 0 saturated heterocycles. The minimum atomic E-state index is -0.615. The Hall–Kier alpha value is -2.14. The summed E-state index contributed by atoms with van der Waals surface area (Å²) >= 11 is 0. The summed E-state index contributed by atoms with van der Waals surface area (Å²) in [6.45, 7) is 0.610. The zero-order chi connectivity index (χ0) is 15.7. The van der Waals surface area contributed by atoms with Crippen molar-refractivity contribution in [2.75, 3.05) is 19.4 Å². The Kier molecular flexibility index (Phi) is 7.18. The van der Waals surface area contributed by atoms with Crippen LogP contribution in [0.2, 0.25) is 0 Å². The van der Waals surface area contributed by atoms with Crippen molar-refractivity contribution in [2.24, 2.45) is 5.73 Å². The van der Waals surface area contributed by atoms with Crippen molar-refractivity contribution >= 4 is 23.5 Å². The lowest BCUT2D eigenvalue weighted by Gasteiger charge is -2.05. The van der Waals surface area contributed by atoms with Gasteiger partial charge in [-0.25, -0.2) is 4.79 Å². The average molecular weight is 290 g/mol. The van der Waals surface area contributed by atoms with Crippen LogP contribution in [0.3, 0.4) is 0 Å². The van der Waals surface area contributed by atoms with Crippen molar-refractivity contribution in [3.8, 4) is 0 Å². The summed E-state index contributed by atoms with van der Waals surface area (Å²) in [5.41, 5.74) is 12.4. The first kappa shape index (κ1) is 16.9. The minimum absolute atomic E-state index is 0.0648. The van der Waals surface area contributed by atoms with E-state index in [2.05, 4.69) is 4.74 Å². The van der Waals surface area contributed by atoms with Crippen molar-refractivity contribution in [3.05, 3.63) is 35.4 Å². The van der Waals surface area contributed by atoms with Gasteiger partial charge in [-0.15, -0.1) is 0 Å². The van der Waals surface area contributed by atoms with E-state index >= 15 is 0 Å². The molecule has 1 rings (SSSR count). The second-order valence-corrected chi connectivity index (χ2v) is 4.74. The van der Waals surface area contributed by atoms with E-state index in [0.717, 1.165) is 18.4 Å². The number of Topliss-reactive ketones (excluding diaryl/α,β-unsaturated/α-hetero) is 1. The number of ketones is 1. The van der Waals surface area contributed by atoms with Crippen LogP contribution >= 0.6 is 0 Å². The van der Waals surface area contributed by atoms with Crippen LogP contribution in [0, 0.1) is 0 Å². The average Bonchev–Trinajstić information content (AvgIpc) is 2.50. The number of unbranched alkanes of at least 4 members (excludes halogenated alkanes) is 2. The summed E-state index contributed by atoms with van der Waals surface area (Å²) in [4.78, 5) is 23.9. The number of methoxy groups -OCH3 is 1. The van der Waals surface area contributed by atoms with Crippen LogP contribution in [0.15, 0.2) is 29.8 Å². The van der Waals surface area contributed by atoms with Gasteiger partial charge in [0.25, 0.3) is 0 Å². The van der Waals surface area contributed by atoms with Crippen LogP contribution in [-0.4, -0.2) is 25.4 Å². The second kappa shape index (κ2) is 8.92. The molecule has 0 amide bonds. The molecule has 0 atom stereocenters. The van der Waals surface area contributed by atoms with Crippen LogP contribution in [-0.2, 0) is 14.3 Å². The molecule has 5 heteroatoms. The molecule has 0 aliphatic carbocycles. The number of esters is 1. The molecule has 0 aromatic heterocycles. The van der Waals surface area contributed by atoms with Gasteiger partial charge in [0.2, 0.25) is 0 Å². The second-order valence-electron chi connectivity index (χ2n) is 4.74. The molecule has 0 heterocycles. The Labute approximate surface area is 125 Å². The number of ether oxygens (including phenoxy) is 1. The van der Waals surface area contributed by atoms with Gasteiger partial charge in [-0.2, -0.15) is 0 Å². The van der Waals surface area contributed by atoms with Crippen LogP contribution in [0.25, 0.3) is 6.08 Å². The third kappa shape index (κ3) is 5.79. The predicted octanol–water partition coefficient (Wildman–Crippen LogP) is 1.91. The molecule has 0 unspecified atom stereocenters. The van der Waals surface area contributed by atoms with E-state index in [1.807, 2.05) is 0 Å². The molecule has 4 N–H and O–H groups in total. The van der Waals surface area contributed by atoms with Gasteiger partial charge in [-0.05, 0) is 43.2 Å². The Morgan fingerprint density at radius 1 is 1.14 bits per heavy atom. The molecule has 0 radical (unpaired) electrons. The molecule has 1 aromatic rings. The van der Waals surface area contributed by atoms with E-state index in [4.69, 9.17) is 11.5 Å². The number of hydrogen-bond donors (Lipinski definition) is 2. The van der Waals surface area contributed by atoms with Gasteiger partial charge >= 0.3 is 5.97 Å². The standard InChI is InChI=1S/C16H22N2O3/c1-21-16(20)14(15(19)5-3-2-4-10-17)11-12-6-8-13(18)9-7-12/h6-9,11H,2-5,10,17-18H2,1H3. The number of nitrogen functional groups attached to an aromatic ring is 1. The van der Waals surface area contributed by atoms with Crippen LogP contribution < -0.4 is 11.5 Å². The summed E-state index contributed by atoms with van der Waals surface area (Å²) in [5.74, 6) is -0.827. The quantitative estimate of drug-likeness (QED) is 0.190. The molecule has 0 spiro atoms. The normalized spacial score (nSPS) is 11.2. The number of benzene rings is 1. The maximum atomic E-state index is 12.2. The number of nitrogens with two attached hydrogens (primary N) is 2. The fraction of sp³-hybridized carbons (Fsp3) is 0.375. The van der Waals surface area contributed by atoms with Gasteiger partial charge in [0.1, 0.15) is 5.57 Å². The van der Waals surface area contributed by atoms with Crippen LogP contribution in [0.5, 0.6) is 0 Å². The van der Waals surface area contributed by atoms with Gasteiger partial charge in [0.15, 0.2) is 5.78 Å². The molecule has 0 aliphatic rings. The van der Waals surface area contributed by atoms with E-state index in [1.54, 1.807) is 24.3 Å². The predicted molar refractivity (Wildman–Crippen MR) is 83.4 cm³/mol. The maximum Gasteiger partial charge on any atom is 0.341 e. The summed E-state index contributed by atoms with van der Waals surface area (Å²) in [6.07, 6.45) is 4.32. The zero-order valence-corrected chi connectivity index (χ0v) is 12.3. The van der Waals surface area contributed by atoms with E-state index in [1.165, 1.54) is 13.2 Å². The van der Waals surface area contributed by atoms with Gasteiger partial charge in [0, 0.05) is 12.1 Å². The third-order valence-corrected chi connectivity index (χ3v) is 3.06. The first-order valence-electron chi connectivity index (χ1n) is 6.97. The highest BCUT2D eigenvalue weighted by Gasteiger charge is 2.18. The first-order chi connectivity index (χ1) is 10.1. The largest absolute Gasteiger partial charge is 0.465 e. The number of hydrogen-bond acceptors (Lipinski definition) is 5. The molecule has 114 valence electrons. The molecule has 0 saturated carbocycles. The van der Waals surface area contributed by atoms with Crippen molar-refractivity contribution in [1.29, 1.82) is 0 Å². The number of carbonyl (C=O) groups is 2. The fourth-order valence-corrected chi connectivity index (χ4v) is 1.86.